The van der Waals surface area contributed by atoms with Gasteiger partial charge in [0.05, 0.1) is 11.6 Å². The zero-order valence-corrected chi connectivity index (χ0v) is 25.1. The fraction of sp³-hybridized carbons (Fsp3) is 0.405. The number of nitrogens with zero attached hydrogens (tertiary/aromatic N) is 3. The summed E-state index contributed by atoms with van der Waals surface area (Å²) in [6, 6.07) is 22.8. The Morgan fingerprint density at radius 1 is 0.825 bits per heavy atom. The number of hydrogen-bond acceptors (Lipinski definition) is 0. The second-order valence-electron chi connectivity index (χ2n) is 12.1. The van der Waals surface area contributed by atoms with Crippen LogP contribution in [0.5, 0.6) is 0 Å². The number of aryl methyl sites for hydroxylation is 3. The van der Waals surface area contributed by atoms with E-state index in [1.165, 1.54) is 51.6 Å². The Morgan fingerprint density at radius 3 is 2.42 bits per heavy atom. The summed E-state index contributed by atoms with van der Waals surface area (Å²) in [6.45, 7) is 12.9. The molecule has 1 aliphatic heterocycles. The number of benzene rings is 2. The van der Waals surface area contributed by atoms with Crippen molar-refractivity contribution in [2.24, 2.45) is 0 Å². The van der Waals surface area contributed by atoms with E-state index in [2.05, 4.69) is 134 Å². The maximum Gasteiger partial charge on any atom is 0.294 e. The molecule has 0 amide bonds. The minimum absolute atomic E-state index is 0.00290. The molecule has 3 aromatic heterocycles. The van der Waals surface area contributed by atoms with Gasteiger partial charge in [0.1, 0.15) is 24.5 Å². The highest BCUT2D eigenvalue weighted by Gasteiger charge is 2.56. The molecule has 0 aliphatic carbocycles. The number of rotatable bonds is 10. The minimum Gasteiger partial charge on any atom is -0.224 e. The second-order valence-corrected chi connectivity index (χ2v) is 12.1. The summed E-state index contributed by atoms with van der Waals surface area (Å²) in [6.07, 6.45) is 17.3. The van der Waals surface area contributed by atoms with Crippen molar-refractivity contribution in [2.45, 2.75) is 97.1 Å². The summed E-state index contributed by atoms with van der Waals surface area (Å²) in [4.78, 5) is 0. The maximum absolute atomic E-state index is 2.64. The molecule has 0 radical (unpaired) electrons. The van der Waals surface area contributed by atoms with E-state index >= 15 is 0 Å². The van der Waals surface area contributed by atoms with E-state index in [1.54, 1.807) is 5.56 Å². The zero-order chi connectivity index (χ0) is 27.9. The molecule has 0 saturated heterocycles. The first-order valence-corrected chi connectivity index (χ1v) is 15.5. The van der Waals surface area contributed by atoms with Crippen LogP contribution in [0.3, 0.4) is 0 Å². The van der Waals surface area contributed by atoms with Crippen LogP contribution < -0.4 is 9.13 Å². The highest BCUT2D eigenvalue weighted by atomic mass is 15.2. The predicted molar refractivity (Wildman–Crippen MR) is 166 cm³/mol. The van der Waals surface area contributed by atoms with Gasteiger partial charge in [-0.25, -0.2) is 8.97 Å². The Hall–Kier alpha value is -3.46. The molecule has 0 N–H and O–H groups in total. The van der Waals surface area contributed by atoms with Crippen molar-refractivity contribution in [1.29, 1.82) is 0 Å². The van der Waals surface area contributed by atoms with E-state index in [0.29, 0.717) is 0 Å². The van der Waals surface area contributed by atoms with Crippen molar-refractivity contribution in [3.05, 3.63) is 102 Å². The van der Waals surface area contributed by atoms with Crippen LogP contribution in [0.25, 0.3) is 27.7 Å². The quantitative estimate of drug-likeness (QED) is 0.161. The lowest BCUT2D eigenvalue weighted by atomic mass is 9.58. The summed E-state index contributed by atoms with van der Waals surface area (Å²) in [5.74, 6) is 0. The number of aromatic nitrogens is 3. The van der Waals surface area contributed by atoms with E-state index in [9.17, 15) is 0 Å². The van der Waals surface area contributed by atoms with Gasteiger partial charge in [-0.3, -0.25) is 0 Å². The first-order chi connectivity index (χ1) is 19.5. The molecule has 0 fully saturated rings. The number of unbranched alkanes of at least 4 members (excludes halogenated alkanes) is 1. The van der Waals surface area contributed by atoms with Gasteiger partial charge in [-0.15, -0.1) is 0 Å². The monoisotopic (exact) mass is 531 g/mol. The van der Waals surface area contributed by atoms with Gasteiger partial charge in [-0.2, -0.15) is 4.57 Å². The molecule has 1 aliphatic rings. The van der Waals surface area contributed by atoms with Gasteiger partial charge in [0.2, 0.25) is 5.69 Å². The van der Waals surface area contributed by atoms with Crippen molar-refractivity contribution >= 4 is 16.4 Å². The van der Waals surface area contributed by atoms with Crippen LogP contribution in [0.2, 0.25) is 0 Å². The summed E-state index contributed by atoms with van der Waals surface area (Å²) in [7, 11) is 0. The van der Waals surface area contributed by atoms with Crippen LogP contribution in [0.15, 0.2) is 85.5 Å². The Balaban J connectivity index is 1.44. The van der Waals surface area contributed by atoms with Crippen LogP contribution in [0.4, 0.5) is 0 Å². The summed E-state index contributed by atoms with van der Waals surface area (Å²) in [5.41, 5.74) is 8.47. The average Bonchev–Trinajstić information content (AvgIpc) is 3.44. The van der Waals surface area contributed by atoms with Gasteiger partial charge >= 0.3 is 0 Å². The van der Waals surface area contributed by atoms with Crippen LogP contribution in [-0.2, 0) is 23.9 Å². The van der Waals surface area contributed by atoms with Crippen LogP contribution in [0, 0.1) is 6.92 Å². The summed E-state index contributed by atoms with van der Waals surface area (Å²) < 4.78 is 7.47. The molecule has 3 nitrogen and oxygen atoms in total. The SMILES string of the molecule is CCCCc1ccc2c3c1ccn1cc[n+](c31)C(C)(CC)C2(CC)CCC[n+]1ccccc1-c1ccccc1C. The summed E-state index contributed by atoms with van der Waals surface area (Å²) in [5, 5.41) is 2.95. The molecule has 0 saturated carbocycles. The first kappa shape index (κ1) is 26.7. The van der Waals surface area contributed by atoms with E-state index in [0.717, 1.165) is 38.6 Å². The molecule has 3 heteroatoms. The molecule has 4 heterocycles. The third-order valence-electron chi connectivity index (χ3n) is 10.3. The van der Waals surface area contributed by atoms with Gasteiger partial charge in [-0.05, 0) is 86.2 Å². The Labute approximate surface area is 240 Å². The topological polar surface area (TPSA) is 12.2 Å². The van der Waals surface area contributed by atoms with E-state index in [1.807, 2.05) is 0 Å². The lowest BCUT2D eigenvalue weighted by Crippen LogP contribution is -2.67. The molecular weight excluding hydrogens is 486 g/mol. The van der Waals surface area contributed by atoms with Crippen molar-refractivity contribution in [2.75, 3.05) is 0 Å². The standard InChI is InChI=1S/C37H45N3/c1-6-9-16-29-19-20-32-34-31(29)21-25-39-26-27-40(35(34)39)36(5,7-2)37(32,8-3)22-14-24-38-23-13-12-18-33(38)30-17-11-10-15-28(30)4/h10-13,15,17-21,23,25-27H,6-9,14,16,22,24H2,1-5H3/q+2. The molecule has 2 unspecified atom stereocenters. The molecule has 0 bridgehead atoms. The Kier molecular flexibility index (Phi) is 7.02. The minimum atomic E-state index is 0.00290. The van der Waals surface area contributed by atoms with Crippen LogP contribution >= 0.6 is 0 Å². The van der Waals surface area contributed by atoms with E-state index in [4.69, 9.17) is 0 Å². The maximum atomic E-state index is 2.64. The first-order valence-electron chi connectivity index (χ1n) is 15.5. The van der Waals surface area contributed by atoms with Crippen LogP contribution in [-0.4, -0.2) is 4.40 Å². The van der Waals surface area contributed by atoms with Crippen molar-refractivity contribution in [1.82, 2.24) is 4.40 Å². The molecule has 40 heavy (non-hydrogen) atoms. The van der Waals surface area contributed by atoms with Crippen LogP contribution in [0.1, 0.15) is 82.9 Å². The molecule has 5 aromatic rings. The molecule has 206 valence electrons. The largest absolute Gasteiger partial charge is 0.294 e. The van der Waals surface area contributed by atoms with Gasteiger partial charge in [0.25, 0.3) is 5.65 Å². The fourth-order valence-electron chi connectivity index (χ4n) is 7.91. The van der Waals surface area contributed by atoms with Crippen molar-refractivity contribution in [3.63, 3.8) is 0 Å². The predicted octanol–water partition coefficient (Wildman–Crippen LogP) is 8.25. The van der Waals surface area contributed by atoms with Gasteiger partial charge in [-0.1, -0.05) is 57.5 Å². The van der Waals surface area contributed by atoms with Gasteiger partial charge in [0.15, 0.2) is 6.20 Å². The summed E-state index contributed by atoms with van der Waals surface area (Å²) >= 11 is 0. The fourth-order valence-corrected chi connectivity index (χ4v) is 7.91. The lowest BCUT2D eigenvalue weighted by molar-refractivity contribution is -0.751. The van der Waals surface area contributed by atoms with Crippen molar-refractivity contribution < 1.29 is 9.13 Å². The third kappa shape index (κ3) is 3.92. The Bertz CT molecular complexity index is 1680. The molecular formula is C37H45N3+2. The lowest BCUT2D eigenvalue weighted by Gasteiger charge is -2.49. The van der Waals surface area contributed by atoms with E-state index in [-0.39, 0.29) is 11.0 Å². The number of imidazole rings is 1. The number of hydrogen-bond donors (Lipinski definition) is 0. The highest BCUT2D eigenvalue weighted by Crippen LogP contribution is 2.52. The molecule has 0 spiro atoms. The normalized spacial score (nSPS) is 20.1. The smallest absolute Gasteiger partial charge is 0.224 e. The zero-order valence-electron chi connectivity index (χ0n) is 25.1. The van der Waals surface area contributed by atoms with E-state index < -0.39 is 0 Å². The molecule has 2 atom stereocenters. The van der Waals surface area contributed by atoms with Gasteiger partial charge in [0, 0.05) is 29.5 Å². The number of pyridine rings is 2. The third-order valence-corrected chi connectivity index (χ3v) is 10.3. The Morgan fingerprint density at radius 2 is 1.65 bits per heavy atom. The second kappa shape index (κ2) is 10.5. The molecule has 2 aromatic carbocycles. The average molecular weight is 532 g/mol. The van der Waals surface area contributed by atoms with Gasteiger partial charge < -0.3 is 0 Å². The highest BCUT2D eigenvalue weighted by molar-refractivity contribution is 5.99. The van der Waals surface area contributed by atoms with Crippen molar-refractivity contribution in [3.8, 4) is 11.3 Å². The molecule has 6 rings (SSSR count).